The molecule has 0 aliphatic carbocycles. The molecule has 1 unspecified atom stereocenters. The van der Waals surface area contributed by atoms with Crippen LogP contribution in [-0.2, 0) is 12.1 Å². The van der Waals surface area contributed by atoms with E-state index in [0.717, 1.165) is 6.07 Å². The minimum absolute atomic E-state index is 0.0320. The maximum absolute atomic E-state index is 15.7. The van der Waals surface area contributed by atoms with Crippen LogP contribution in [0.1, 0.15) is 35.2 Å². The zero-order chi connectivity index (χ0) is 25.1. The number of rotatable bonds is 6. The molecule has 3 rings (SSSR count). The SMILES string of the molecule is Cc1cc(NC(=O)N2CCC(F)(c3ncc(CC(O)CO)cc3C)CC2)ccc1OC(F)(F)F. The highest BCUT2D eigenvalue weighted by atomic mass is 19.4. The number of nitrogens with zero attached hydrogens (tertiary/aromatic N) is 2. The molecular formula is C23H27F4N3O4. The Labute approximate surface area is 194 Å². The first-order valence-electron chi connectivity index (χ1n) is 10.8. The van der Waals surface area contributed by atoms with Crippen molar-refractivity contribution in [1.29, 1.82) is 0 Å². The van der Waals surface area contributed by atoms with E-state index in [-0.39, 0.29) is 56.0 Å². The van der Waals surface area contributed by atoms with Crippen molar-refractivity contribution in [2.45, 2.75) is 51.2 Å². The number of carbonyl (C=O) groups is 1. The van der Waals surface area contributed by atoms with Crippen LogP contribution in [0.4, 0.5) is 28.0 Å². The lowest BCUT2D eigenvalue weighted by molar-refractivity contribution is -0.274. The zero-order valence-electron chi connectivity index (χ0n) is 18.8. The van der Waals surface area contributed by atoms with E-state index < -0.39 is 24.2 Å². The van der Waals surface area contributed by atoms with Gasteiger partial charge in [0.25, 0.3) is 0 Å². The molecule has 1 aliphatic heterocycles. The van der Waals surface area contributed by atoms with E-state index in [4.69, 9.17) is 5.11 Å². The molecule has 1 aromatic heterocycles. The molecule has 1 saturated heterocycles. The summed E-state index contributed by atoms with van der Waals surface area (Å²) >= 11 is 0. The van der Waals surface area contributed by atoms with Gasteiger partial charge in [-0.3, -0.25) is 4.98 Å². The van der Waals surface area contributed by atoms with Crippen molar-refractivity contribution in [3.63, 3.8) is 0 Å². The lowest BCUT2D eigenvalue weighted by Crippen LogP contribution is -2.45. The van der Waals surface area contributed by atoms with Crippen LogP contribution in [0.25, 0.3) is 0 Å². The van der Waals surface area contributed by atoms with Crippen LogP contribution in [0.15, 0.2) is 30.5 Å². The standard InChI is InChI=1S/C23H27F4N3O4/c1-14-10-17(3-4-19(14)34-23(25,26)27)29-21(33)30-7-5-22(24,6-8-30)20-15(2)9-16(12-28-20)11-18(32)13-31/h3-4,9-10,12,18,31-32H,5-8,11,13H2,1-2H3,(H,29,33). The molecule has 3 N–H and O–H groups in total. The van der Waals surface area contributed by atoms with E-state index in [1.54, 1.807) is 13.0 Å². The molecule has 1 aromatic carbocycles. The normalized spacial score (nSPS) is 16.8. The maximum Gasteiger partial charge on any atom is 0.573 e. The van der Waals surface area contributed by atoms with Gasteiger partial charge in [-0.25, -0.2) is 9.18 Å². The van der Waals surface area contributed by atoms with Crippen molar-refractivity contribution < 1.29 is 37.3 Å². The Bertz CT molecular complexity index is 1020. The number of likely N-dealkylation sites (tertiary alicyclic amines) is 1. The van der Waals surface area contributed by atoms with E-state index in [2.05, 4.69) is 15.0 Å². The van der Waals surface area contributed by atoms with Gasteiger partial charge in [-0.1, -0.05) is 6.07 Å². The number of pyridine rings is 1. The summed E-state index contributed by atoms with van der Waals surface area (Å²) in [5.41, 5.74) is 0.373. The summed E-state index contributed by atoms with van der Waals surface area (Å²) in [6, 6.07) is 5.04. The highest BCUT2D eigenvalue weighted by molar-refractivity contribution is 5.89. The third-order valence-corrected chi connectivity index (χ3v) is 5.74. The summed E-state index contributed by atoms with van der Waals surface area (Å²) in [5.74, 6) is -0.356. The highest BCUT2D eigenvalue weighted by Crippen LogP contribution is 2.38. The fraction of sp³-hybridized carbons (Fsp3) is 0.478. The lowest BCUT2D eigenvalue weighted by Gasteiger charge is -2.36. The third-order valence-electron chi connectivity index (χ3n) is 5.74. The van der Waals surface area contributed by atoms with Gasteiger partial charge in [-0.2, -0.15) is 0 Å². The first kappa shape index (κ1) is 25.7. The van der Waals surface area contributed by atoms with Gasteiger partial charge in [0.05, 0.1) is 18.4 Å². The number of nitrogens with one attached hydrogen (secondary N) is 1. The van der Waals surface area contributed by atoms with Crippen molar-refractivity contribution in [1.82, 2.24) is 9.88 Å². The number of urea groups is 1. The fourth-order valence-electron chi connectivity index (χ4n) is 4.02. The summed E-state index contributed by atoms with van der Waals surface area (Å²) in [6.45, 7) is 3.04. The molecule has 2 aromatic rings. The minimum Gasteiger partial charge on any atom is -0.406 e. The molecule has 2 amide bonds. The van der Waals surface area contributed by atoms with Crippen LogP contribution in [0.2, 0.25) is 0 Å². The number of carbonyl (C=O) groups excluding carboxylic acids is 1. The Morgan fingerprint density at radius 1 is 1.24 bits per heavy atom. The van der Waals surface area contributed by atoms with Crippen LogP contribution < -0.4 is 10.1 Å². The number of amides is 2. The van der Waals surface area contributed by atoms with Crippen molar-refractivity contribution in [3.05, 3.63) is 52.8 Å². The number of benzene rings is 1. The lowest BCUT2D eigenvalue weighted by atomic mass is 9.87. The molecule has 0 bridgehead atoms. The number of aliphatic hydroxyl groups excluding tert-OH is 2. The molecule has 0 radical (unpaired) electrons. The smallest absolute Gasteiger partial charge is 0.406 e. The second-order valence-electron chi connectivity index (χ2n) is 8.46. The number of aliphatic hydroxyl groups is 2. The van der Waals surface area contributed by atoms with E-state index in [0.29, 0.717) is 16.8 Å². The Morgan fingerprint density at radius 3 is 2.47 bits per heavy atom. The number of aryl methyl sites for hydroxylation is 2. The van der Waals surface area contributed by atoms with Gasteiger partial charge >= 0.3 is 12.4 Å². The van der Waals surface area contributed by atoms with E-state index >= 15 is 4.39 Å². The molecule has 34 heavy (non-hydrogen) atoms. The number of hydrogen-bond donors (Lipinski definition) is 3. The fourth-order valence-corrected chi connectivity index (χ4v) is 4.02. The molecular weight excluding hydrogens is 458 g/mol. The second-order valence-corrected chi connectivity index (χ2v) is 8.46. The van der Waals surface area contributed by atoms with Crippen LogP contribution in [0, 0.1) is 13.8 Å². The number of alkyl halides is 4. The number of anilines is 1. The van der Waals surface area contributed by atoms with Crippen LogP contribution in [0.5, 0.6) is 5.75 Å². The third kappa shape index (κ3) is 6.35. The molecule has 1 aliphatic rings. The van der Waals surface area contributed by atoms with Gasteiger partial charge in [0.15, 0.2) is 5.67 Å². The van der Waals surface area contributed by atoms with E-state index in [9.17, 15) is 23.1 Å². The largest absolute Gasteiger partial charge is 0.573 e. The molecule has 11 heteroatoms. The number of piperidine rings is 1. The summed E-state index contributed by atoms with van der Waals surface area (Å²) < 4.78 is 56.9. The van der Waals surface area contributed by atoms with Crippen molar-refractivity contribution in [2.24, 2.45) is 0 Å². The number of ether oxygens (including phenoxy) is 1. The first-order chi connectivity index (χ1) is 15.9. The zero-order valence-corrected chi connectivity index (χ0v) is 18.8. The minimum atomic E-state index is -4.81. The van der Waals surface area contributed by atoms with Crippen LogP contribution in [0.3, 0.4) is 0 Å². The van der Waals surface area contributed by atoms with Gasteiger partial charge in [-0.15, -0.1) is 13.2 Å². The first-order valence-corrected chi connectivity index (χ1v) is 10.8. The molecule has 1 atom stereocenters. The topological polar surface area (TPSA) is 94.9 Å². The van der Waals surface area contributed by atoms with E-state index in [1.165, 1.54) is 30.2 Å². The molecule has 0 spiro atoms. The summed E-state index contributed by atoms with van der Waals surface area (Å²) in [5, 5.41) is 21.2. The van der Waals surface area contributed by atoms with Crippen LogP contribution in [-0.4, -0.2) is 58.3 Å². The van der Waals surface area contributed by atoms with Gasteiger partial charge in [-0.05, 0) is 48.7 Å². The van der Waals surface area contributed by atoms with Crippen molar-refractivity contribution in [3.8, 4) is 5.75 Å². The molecule has 7 nitrogen and oxygen atoms in total. The van der Waals surface area contributed by atoms with Gasteiger partial charge < -0.3 is 25.2 Å². The maximum atomic E-state index is 15.7. The number of hydrogen-bond acceptors (Lipinski definition) is 5. The van der Waals surface area contributed by atoms with Crippen LogP contribution >= 0.6 is 0 Å². The van der Waals surface area contributed by atoms with Crippen molar-refractivity contribution >= 4 is 11.7 Å². The molecule has 2 heterocycles. The second kappa shape index (κ2) is 10.1. The Morgan fingerprint density at radius 2 is 1.91 bits per heavy atom. The number of aromatic nitrogens is 1. The Hall–Kier alpha value is -2.92. The van der Waals surface area contributed by atoms with E-state index in [1.807, 2.05) is 0 Å². The predicted molar refractivity (Wildman–Crippen MR) is 116 cm³/mol. The van der Waals surface area contributed by atoms with Gasteiger partial charge in [0.2, 0.25) is 0 Å². The summed E-state index contributed by atoms with van der Waals surface area (Å²) in [7, 11) is 0. The molecule has 1 fully saturated rings. The number of halogens is 4. The molecule has 0 saturated carbocycles. The molecule has 186 valence electrons. The monoisotopic (exact) mass is 485 g/mol. The summed E-state index contributed by atoms with van der Waals surface area (Å²) in [4.78, 5) is 18.3. The average molecular weight is 485 g/mol. The highest BCUT2D eigenvalue weighted by Gasteiger charge is 2.40. The Balaban J connectivity index is 1.61. The van der Waals surface area contributed by atoms with Gasteiger partial charge in [0.1, 0.15) is 5.75 Å². The Kier molecular flexibility index (Phi) is 7.67. The quantitative estimate of drug-likeness (QED) is 0.538. The summed E-state index contributed by atoms with van der Waals surface area (Å²) in [6.07, 6.45) is -3.97. The average Bonchev–Trinajstić information content (AvgIpc) is 2.75. The van der Waals surface area contributed by atoms with Gasteiger partial charge in [0, 0.05) is 44.2 Å². The predicted octanol–water partition coefficient (Wildman–Crippen LogP) is 3.99. The van der Waals surface area contributed by atoms with Crippen molar-refractivity contribution in [2.75, 3.05) is 25.0 Å².